The van der Waals surface area contributed by atoms with Crippen molar-refractivity contribution in [3.8, 4) is 11.8 Å². The summed E-state index contributed by atoms with van der Waals surface area (Å²) >= 11 is 0. The molecule has 0 fully saturated rings. The SMILES string of the molecule is COc1cccc(F)c1C(C)(C#N)CC(=O)O. The van der Waals surface area contributed by atoms with Crippen molar-refractivity contribution in [2.45, 2.75) is 18.8 Å². The summed E-state index contributed by atoms with van der Waals surface area (Å²) in [6.07, 6.45) is -0.485. The standard InChI is InChI=1S/C12H12FNO3/c1-12(7-14,6-10(15)16)11-8(13)4-3-5-9(11)17-2/h3-5H,6H2,1-2H3,(H,15,16). The van der Waals surface area contributed by atoms with Gasteiger partial charge in [0.15, 0.2) is 0 Å². The molecule has 4 nitrogen and oxygen atoms in total. The second-order valence-electron chi connectivity index (χ2n) is 3.83. The Hall–Kier alpha value is -2.09. The van der Waals surface area contributed by atoms with Gasteiger partial charge in [0.2, 0.25) is 0 Å². The highest BCUT2D eigenvalue weighted by Crippen LogP contribution is 2.36. The van der Waals surface area contributed by atoms with Gasteiger partial charge in [-0.25, -0.2) is 4.39 Å². The minimum atomic E-state index is -1.46. The number of nitrogens with zero attached hydrogens (tertiary/aromatic N) is 1. The first-order valence-electron chi connectivity index (χ1n) is 4.90. The molecule has 17 heavy (non-hydrogen) atoms. The van der Waals surface area contributed by atoms with Crippen molar-refractivity contribution < 1.29 is 19.0 Å². The molecule has 1 aromatic rings. The predicted molar refractivity (Wildman–Crippen MR) is 58.2 cm³/mol. The maximum Gasteiger partial charge on any atom is 0.305 e. The van der Waals surface area contributed by atoms with Crippen LogP contribution in [0, 0.1) is 17.1 Å². The number of hydrogen-bond donors (Lipinski definition) is 1. The van der Waals surface area contributed by atoms with Crippen LogP contribution in [-0.2, 0) is 10.2 Å². The molecule has 0 bridgehead atoms. The lowest BCUT2D eigenvalue weighted by molar-refractivity contribution is -0.137. The molecule has 1 unspecified atom stereocenters. The Morgan fingerprint density at radius 2 is 2.29 bits per heavy atom. The predicted octanol–water partition coefficient (Wildman–Crippen LogP) is 2.09. The smallest absolute Gasteiger partial charge is 0.305 e. The first-order chi connectivity index (χ1) is 7.94. The Bertz CT molecular complexity index is 481. The Kier molecular flexibility index (Phi) is 3.69. The highest BCUT2D eigenvalue weighted by Gasteiger charge is 2.35. The van der Waals surface area contributed by atoms with Gasteiger partial charge >= 0.3 is 5.97 Å². The lowest BCUT2D eigenvalue weighted by atomic mass is 9.80. The first kappa shape index (κ1) is 13.0. The number of methoxy groups -OCH3 is 1. The van der Waals surface area contributed by atoms with E-state index in [1.807, 2.05) is 6.07 Å². The zero-order valence-corrected chi connectivity index (χ0v) is 9.53. The van der Waals surface area contributed by atoms with Gasteiger partial charge in [0.25, 0.3) is 0 Å². The average molecular weight is 237 g/mol. The number of benzene rings is 1. The topological polar surface area (TPSA) is 70.3 Å². The summed E-state index contributed by atoms with van der Waals surface area (Å²) in [6.45, 7) is 1.38. The molecule has 1 N–H and O–H groups in total. The highest BCUT2D eigenvalue weighted by molar-refractivity contribution is 5.70. The van der Waals surface area contributed by atoms with Gasteiger partial charge in [0.05, 0.1) is 30.6 Å². The molecule has 1 aromatic carbocycles. The van der Waals surface area contributed by atoms with Crippen LogP contribution in [0.25, 0.3) is 0 Å². The van der Waals surface area contributed by atoms with Crippen molar-refractivity contribution >= 4 is 5.97 Å². The molecular formula is C12H12FNO3. The molecule has 1 atom stereocenters. The van der Waals surface area contributed by atoms with Crippen LogP contribution in [0.15, 0.2) is 18.2 Å². The van der Waals surface area contributed by atoms with E-state index in [1.165, 1.54) is 32.2 Å². The van der Waals surface area contributed by atoms with Gasteiger partial charge in [-0.05, 0) is 19.1 Å². The summed E-state index contributed by atoms with van der Waals surface area (Å²) in [7, 11) is 1.34. The van der Waals surface area contributed by atoms with Gasteiger partial charge in [-0.1, -0.05) is 6.07 Å². The number of nitriles is 1. The van der Waals surface area contributed by atoms with Crippen LogP contribution in [0.4, 0.5) is 4.39 Å². The normalized spacial score (nSPS) is 13.5. The zero-order chi connectivity index (χ0) is 13.1. The Labute approximate surface area is 98.2 Å². The largest absolute Gasteiger partial charge is 0.496 e. The summed E-state index contributed by atoms with van der Waals surface area (Å²) in [5.74, 6) is -1.63. The molecule has 0 aliphatic rings. The number of carbonyl (C=O) groups is 1. The molecule has 90 valence electrons. The molecular weight excluding hydrogens is 225 g/mol. The van der Waals surface area contributed by atoms with Crippen LogP contribution >= 0.6 is 0 Å². The molecule has 0 spiro atoms. The van der Waals surface area contributed by atoms with Crippen molar-refractivity contribution in [3.63, 3.8) is 0 Å². The maximum atomic E-state index is 13.7. The van der Waals surface area contributed by atoms with E-state index in [0.29, 0.717) is 0 Å². The third-order valence-electron chi connectivity index (χ3n) is 2.50. The molecule has 0 saturated heterocycles. The molecule has 0 amide bonds. The number of rotatable bonds is 4. The van der Waals surface area contributed by atoms with Crippen molar-refractivity contribution in [2.24, 2.45) is 0 Å². The molecule has 0 aliphatic carbocycles. The average Bonchev–Trinajstić information content (AvgIpc) is 2.27. The molecule has 1 rings (SSSR count). The summed E-state index contributed by atoms with van der Waals surface area (Å²) in [6, 6.07) is 5.95. The number of carboxylic acids is 1. The third kappa shape index (κ3) is 2.53. The minimum absolute atomic E-state index is 0.0209. The van der Waals surface area contributed by atoms with E-state index in [4.69, 9.17) is 15.1 Å². The van der Waals surface area contributed by atoms with Crippen molar-refractivity contribution in [3.05, 3.63) is 29.6 Å². The lowest BCUT2D eigenvalue weighted by Gasteiger charge is -2.22. The van der Waals surface area contributed by atoms with Gasteiger partial charge in [-0.3, -0.25) is 4.79 Å². The molecule has 0 heterocycles. The fourth-order valence-electron chi connectivity index (χ4n) is 1.70. The highest BCUT2D eigenvalue weighted by atomic mass is 19.1. The van der Waals surface area contributed by atoms with Crippen LogP contribution < -0.4 is 4.74 Å². The molecule has 0 aromatic heterocycles. The fourth-order valence-corrected chi connectivity index (χ4v) is 1.70. The van der Waals surface area contributed by atoms with Crippen molar-refractivity contribution in [1.29, 1.82) is 5.26 Å². The second-order valence-corrected chi connectivity index (χ2v) is 3.83. The van der Waals surface area contributed by atoms with E-state index in [0.717, 1.165) is 0 Å². The number of ether oxygens (including phenoxy) is 1. The molecule has 0 saturated carbocycles. The van der Waals surface area contributed by atoms with Gasteiger partial charge < -0.3 is 9.84 Å². The Balaban J connectivity index is 3.39. The van der Waals surface area contributed by atoms with Crippen LogP contribution in [0.5, 0.6) is 5.75 Å². The van der Waals surface area contributed by atoms with E-state index in [9.17, 15) is 9.18 Å². The van der Waals surface area contributed by atoms with Gasteiger partial charge in [0, 0.05) is 0 Å². The number of hydrogen-bond acceptors (Lipinski definition) is 3. The van der Waals surface area contributed by atoms with Crippen LogP contribution in [-0.4, -0.2) is 18.2 Å². The van der Waals surface area contributed by atoms with Crippen LogP contribution in [0.2, 0.25) is 0 Å². The van der Waals surface area contributed by atoms with Crippen LogP contribution in [0.1, 0.15) is 18.9 Å². The Morgan fingerprint density at radius 1 is 1.65 bits per heavy atom. The lowest BCUT2D eigenvalue weighted by Crippen LogP contribution is -2.25. The Morgan fingerprint density at radius 3 is 2.76 bits per heavy atom. The monoisotopic (exact) mass is 237 g/mol. The van der Waals surface area contributed by atoms with E-state index in [2.05, 4.69) is 0 Å². The zero-order valence-electron chi connectivity index (χ0n) is 9.53. The third-order valence-corrected chi connectivity index (χ3v) is 2.50. The van der Waals surface area contributed by atoms with Crippen LogP contribution in [0.3, 0.4) is 0 Å². The molecule has 0 radical (unpaired) electrons. The maximum absolute atomic E-state index is 13.7. The van der Waals surface area contributed by atoms with Crippen molar-refractivity contribution in [1.82, 2.24) is 0 Å². The van der Waals surface area contributed by atoms with Gasteiger partial charge in [-0.15, -0.1) is 0 Å². The van der Waals surface area contributed by atoms with Crippen molar-refractivity contribution in [2.75, 3.05) is 7.11 Å². The summed E-state index contributed by atoms with van der Waals surface area (Å²) in [4.78, 5) is 10.7. The molecule has 0 aliphatic heterocycles. The summed E-state index contributed by atoms with van der Waals surface area (Å²) < 4.78 is 18.7. The van der Waals surface area contributed by atoms with E-state index in [1.54, 1.807) is 0 Å². The number of halogens is 1. The fraction of sp³-hybridized carbons (Fsp3) is 0.333. The van der Waals surface area contributed by atoms with E-state index in [-0.39, 0.29) is 11.3 Å². The number of carboxylic acid groups (broad SMARTS) is 1. The van der Waals surface area contributed by atoms with Gasteiger partial charge in [0.1, 0.15) is 11.6 Å². The number of aliphatic carboxylic acids is 1. The summed E-state index contributed by atoms with van der Waals surface area (Å²) in [5, 5.41) is 17.9. The first-order valence-corrected chi connectivity index (χ1v) is 4.90. The molecule has 5 heteroatoms. The quantitative estimate of drug-likeness (QED) is 0.870. The van der Waals surface area contributed by atoms with E-state index >= 15 is 0 Å². The van der Waals surface area contributed by atoms with Gasteiger partial charge in [-0.2, -0.15) is 5.26 Å². The summed E-state index contributed by atoms with van der Waals surface area (Å²) in [5.41, 5.74) is -1.48. The van der Waals surface area contributed by atoms with E-state index < -0.39 is 23.6 Å². The minimum Gasteiger partial charge on any atom is -0.496 e. The second kappa shape index (κ2) is 4.83.